The summed E-state index contributed by atoms with van der Waals surface area (Å²) in [6.45, 7) is 0.836. The minimum Gasteiger partial charge on any atom is -0.310 e. The average molecular weight is 360 g/mol. The van der Waals surface area contributed by atoms with Crippen LogP contribution in [0.4, 0.5) is 17.1 Å². The molecule has 0 atom stereocenters. The molecule has 23 heavy (non-hydrogen) atoms. The Labute approximate surface area is 147 Å². The summed E-state index contributed by atoms with van der Waals surface area (Å²) in [6, 6.07) is 26.7. The van der Waals surface area contributed by atoms with Gasteiger partial charge in [-0.2, -0.15) is 0 Å². The van der Waals surface area contributed by atoms with Crippen molar-refractivity contribution < 1.29 is 0 Å². The molecule has 0 aliphatic rings. The third kappa shape index (κ3) is 3.70. The van der Waals surface area contributed by atoms with E-state index in [0.717, 1.165) is 22.4 Å². The minimum absolute atomic E-state index is 0.960. The number of hydrogen-bond donors (Lipinski definition) is 0. The van der Waals surface area contributed by atoms with Gasteiger partial charge >= 0.3 is 0 Å². The van der Waals surface area contributed by atoms with Gasteiger partial charge in [0.05, 0.1) is 5.69 Å². The molecule has 3 aromatic rings. The molecule has 0 saturated heterocycles. The third-order valence-corrected chi connectivity index (χ3v) is 5.42. The zero-order valence-electron chi connectivity index (χ0n) is 12.7. The zero-order valence-corrected chi connectivity index (χ0v) is 15.1. The van der Waals surface area contributed by atoms with Gasteiger partial charge in [-0.3, -0.25) is 0 Å². The highest BCUT2D eigenvalue weighted by molar-refractivity contribution is 8.09. The maximum atomic E-state index is 6.28. The van der Waals surface area contributed by atoms with E-state index in [1.807, 2.05) is 48.5 Å². The molecular weight excluding hydrogens is 344 g/mol. The quantitative estimate of drug-likeness (QED) is 0.459. The van der Waals surface area contributed by atoms with Crippen molar-refractivity contribution in [2.45, 2.75) is 6.92 Å². The number of rotatable bonds is 4. The number of aryl methyl sites for hydroxylation is 1. The van der Waals surface area contributed by atoms with Gasteiger partial charge in [0.25, 0.3) is 0 Å². The molecular formula is C19H16Cl2NP. The van der Waals surface area contributed by atoms with Crippen LogP contribution >= 0.6 is 29.1 Å². The van der Waals surface area contributed by atoms with Gasteiger partial charge in [-0.15, -0.1) is 0 Å². The fraction of sp³-hybridized carbons (Fsp3) is 0.0526. The number of benzene rings is 3. The predicted octanol–water partition coefficient (Wildman–Crippen LogP) is 6.88. The first-order valence-electron chi connectivity index (χ1n) is 7.29. The number of para-hydroxylation sites is 2. The van der Waals surface area contributed by atoms with Crippen LogP contribution in [0.3, 0.4) is 0 Å². The predicted molar refractivity (Wildman–Crippen MR) is 104 cm³/mol. The van der Waals surface area contributed by atoms with Crippen LogP contribution in [0.5, 0.6) is 0 Å². The van der Waals surface area contributed by atoms with Crippen molar-refractivity contribution in [3.63, 3.8) is 0 Å². The van der Waals surface area contributed by atoms with Crippen LogP contribution in [-0.4, -0.2) is 0 Å². The highest BCUT2D eigenvalue weighted by atomic mass is 35.9. The lowest BCUT2D eigenvalue weighted by molar-refractivity contribution is 1.28. The largest absolute Gasteiger partial charge is 0.310 e. The molecule has 0 bridgehead atoms. The highest BCUT2D eigenvalue weighted by Crippen LogP contribution is 2.49. The van der Waals surface area contributed by atoms with Gasteiger partial charge in [-0.05, 0) is 48.9 Å². The van der Waals surface area contributed by atoms with Gasteiger partial charge in [0.2, 0.25) is 0 Å². The maximum Gasteiger partial charge on any atom is 0.119 e. The van der Waals surface area contributed by atoms with E-state index < -0.39 is 6.63 Å². The zero-order chi connectivity index (χ0) is 16.2. The molecule has 1 nitrogen and oxygen atoms in total. The minimum atomic E-state index is -1.24. The summed E-state index contributed by atoms with van der Waals surface area (Å²) in [4.78, 5) is 2.20. The van der Waals surface area contributed by atoms with Gasteiger partial charge in [0.15, 0.2) is 0 Å². The van der Waals surface area contributed by atoms with Gasteiger partial charge in [-0.25, -0.2) is 0 Å². The smallest absolute Gasteiger partial charge is 0.119 e. The normalized spacial score (nSPS) is 10.8. The van der Waals surface area contributed by atoms with Crippen LogP contribution in [-0.2, 0) is 0 Å². The Morgan fingerprint density at radius 2 is 1.26 bits per heavy atom. The summed E-state index contributed by atoms with van der Waals surface area (Å²) in [6.07, 6.45) is 0. The third-order valence-electron chi connectivity index (χ3n) is 3.58. The summed E-state index contributed by atoms with van der Waals surface area (Å²) < 4.78 is 0. The molecule has 0 aliphatic heterocycles. The van der Waals surface area contributed by atoms with Crippen molar-refractivity contribution in [1.82, 2.24) is 0 Å². The van der Waals surface area contributed by atoms with Gasteiger partial charge in [-0.1, -0.05) is 64.9 Å². The summed E-state index contributed by atoms with van der Waals surface area (Å²) in [5.74, 6) is 0. The second-order valence-corrected chi connectivity index (χ2v) is 8.73. The second kappa shape index (κ2) is 7.36. The van der Waals surface area contributed by atoms with E-state index >= 15 is 0 Å². The molecule has 0 radical (unpaired) electrons. The SMILES string of the molecule is Cc1ccc(P(Cl)Cl)c(N(c2ccccc2)c2ccccc2)c1. The topological polar surface area (TPSA) is 3.24 Å². The fourth-order valence-corrected chi connectivity index (χ4v) is 3.92. The van der Waals surface area contributed by atoms with E-state index in [1.54, 1.807) is 0 Å². The first-order valence-corrected chi connectivity index (χ1v) is 10.4. The summed E-state index contributed by atoms with van der Waals surface area (Å²) in [5, 5.41) is 0.960. The molecule has 0 aliphatic carbocycles. The number of halogens is 2. The van der Waals surface area contributed by atoms with Gasteiger partial charge in [0, 0.05) is 16.7 Å². The summed E-state index contributed by atoms with van der Waals surface area (Å²) in [5.41, 5.74) is 4.36. The molecule has 4 heteroatoms. The molecule has 0 fully saturated rings. The average Bonchev–Trinajstić information content (AvgIpc) is 2.57. The fourth-order valence-electron chi connectivity index (χ4n) is 2.54. The lowest BCUT2D eigenvalue weighted by Crippen LogP contribution is -2.17. The molecule has 3 aromatic carbocycles. The monoisotopic (exact) mass is 359 g/mol. The molecule has 0 heterocycles. The van der Waals surface area contributed by atoms with Crippen molar-refractivity contribution in [3.05, 3.63) is 84.4 Å². The molecule has 116 valence electrons. The van der Waals surface area contributed by atoms with Crippen LogP contribution in [0.1, 0.15) is 5.56 Å². The lowest BCUT2D eigenvalue weighted by atomic mass is 10.1. The Bertz CT molecular complexity index is 736. The number of nitrogens with zero attached hydrogens (tertiary/aromatic N) is 1. The van der Waals surface area contributed by atoms with Crippen LogP contribution in [0.2, 0.25) is 0 Å². The summed E-state index contributed by atoms with van der Waals surface area (Å²) >= 11 is 12.6. The Kier molecular flexibility index (Phi) is 5.23. The molecule has 0 N–H and O–H groups in total. The second-order valence-electron chi connectivity index (χ2n) is 5.23. The van der Waals surface area contributed by atoms with Crippen LogP contribution in [0.25, 0.3) is 0 Å². The Morgan fingerprint density at radius 3 is 1.74 bits per heavy atom. The Balaban J connectivity index is 2.23. The van der Waals surface area contributed by atoms with Gasteiger partial charge in [0.1, 0.15) is 6.63 Å². The molecule has 3 rings (SSSR count). The van der Waals surface area contributed by atoms with Crippen molar-refractivity contribution in [2.75, 3.05) is 4.90 Å². The van der Waals surface area contributed by atoms with Crippen LogP contribution in [0.15, 0.2) is 78.9 Å². The van der Waals surface area contributed by atoms with Crippen molar-refractivity contribution >= 4 is 51.5 Å². The van der Waals surface area contributed by atoms with Crippen molar-refractivity contribution in [2.24, 2.45) is 0 Å². The lowest BCUT2D eigenvalue weighted by Gasteiger charge is -2.28. The number of hydrogen-bond acceptors (Lipinski definition) is 1. The molecule has 0 aromatic heterocycles. The van der Waals surface area contributed by atoms with E-state index in [0.29, 0.717) is 0 Å². The van der Waals surface area contributed by atoms with E-state index in [2.05, 4.69) is 42.2 Å². The first kappa shape index (κ1) is 16.3. The maximum absolute atomic E-state index is 6.28. The highest BCUT2D eigenvalue weighted by Gasteiger charge is 2.19. The first-order chi connectivity index (χ1) is 11.2. The molecule has 0 saturated carbocycles. The Hall–Kier alpha value is -1.53. The van der Waals surface area contributed by atoms with Gasteiger partial charge < -0.3 is 4.90 Å². The van der Waals surface area contributed by atoms with Crippen molar-refractivity contribution in [3.8, 4) is 0 Å². The molecule has 0 unspecified atom stereocenters. The molecule has 0 spiro atoms. The summed E-state index contributed by atoms with van der Waals surface area (Å²) in [7, 11) is 0. The standard InChI is InChI=1S/C19H16Cl2NP/c1-15-12-13-19(23(20)21)18(14-15)22(16-8-4-2-5-9-16)17-10-6-3-7-11-17/h2-14H,1H3. The Morgan fingerprint density at radius 1 is 0.739 bits per heavy atom. The number of anilines is 3. The van der Waals surface area contributed by atoms with E-state index in [-0.39, 0.29) is 0 Å². The van der Waals surface area contributed by atoms with Crippen LogP contribution < -0.4 is 10.2 Å². The molecule has 0 amide bonds. The van der Waals surface area contributed by atoms with E-state index in [1.165, 1.54) is 5.56 Å². The van der Waals surface area contributed by atoms with Crippen LogP contribution in [0, 0.1) is 6.92 Å². The van der Waals surface area contributed by atoms with E-state index in [9.17, 15) is 0 Å². The van der Waals surface area contributed by atoms with Crippen molar-refractivity contribution in [1.29, 1.82) is 0 Å². The van der Waals surface area contributed by atoms with E-state index in [4.69, 9.17) is 22.5 Å².